The van der Waals surface area contributed by atoms with Crippen molar-refractivity contribution in [3.05, 3.63) is 21.9 Å². The maximum atomic E-state index is 12.9. The molecule has 1 aromatic rings. The van der Waals surface area contributed by atoms with Gasteiger partial charge in [0.1, 0.15) is 0 Å². The van der Waals surface area contributed by atoms with Gasteiger partial charge in [0.2, 0.25) is 0 Å². The van der Waals surface area contributed by atoms with Crippen LogP contribution in [0, 0.1) is 6.92 Å². The maximum Gasteiger partial charge on any atom is 0.282 e. The summed E-state index contributed by atoms with van der Waals surface area (Å²) >= 11 is 1.65. The van der Waals surface area contributed by atoms with Gasteiger partial charge in [-0.3, -0.25) is 0 Å². The average molecular weight is 332 g/mol. The van der Waals surface area contributed by atoms with Gasteiger partial charge in [-0.15, -0.1) is 11.3 Å². The van der Waals surface area contributed by atoms with Crippen molar-refractivity contribution in [2.45, 2.75) is 46.4 Å². The summed E-state index contributed by atoms with van der Waals surface area (Å²) < 4.78 is 34.3. The number of thiophene rings is 1. The molecule has 0 bridgehead atoms. The van der Waals surface area contributed by atoms with Crippen molar-refractivity contribution < 1.29 is 13.2 Å². The molecule has 1 atom stereocenters. The quantitative estimate of drug-likeness (QED) is 0.831. The van der Waals surface area contributed by atoms with Gasteiger partial charge in [0.25, 0.3) is 10.2 Å². The predicted molar refractivity (Wildman–Crippen MR) is 85.6 cm³/mol. The lowest BCUT2D eigenvalue weighted by Gasteiger charge is -2.36. The first-order chi connectivity index (χ1) is 9.80. The van der Waals surface area contributed by atoms with Gasteiger partial charge in [-0.2, -0.15) is 17.0 Å². The van der Waals surface area contributed by atoms with Crippen LogP contribution in [0.2, 0.25) is 0 Å². The number of hydrogen-bond acceptors (Lipinski definition) is 4. The summed E-state index contributed by atoms with van der Waals surface area (Å²) in [5, 5.41) is 0. The lowest BCUT2D eigenvalue weighted by atomic mass is 10.3. The monoisotopic (exact) mass is 332 g/mol. The first-order valence-corrected chi connectivity index (χ1v) is 9.46. The maximum absolute atomic E-state index is 12.9. The Morgan fingerprint density at radius 2 is 2.19 bits per heavy atom. The molecular weight excluding hydrogens is 308 g/mol. The van der Waals surface area contributed by atoms with E-state index in [2.05, 4.69) is 0 Å². The number of hydrogen-bond donors (Lipinski definition) is 0. The highest BCUT2D eigenvalue weighted by Crippen LogP contribution is 2.23. The van der Waals surface area contributed by atoms with Crippen LogP contribution < -0.4 is 0 Å². The average Bonchev–Trinajstić information content (AvgIpc) is 2.81. The molecule has 0 saturated carbocycles. The van der Waals surface area contributed by atoms with Gasteiger partial charge in [-0.25, -0.2) is 0 Å². The zero-order valence-corrected chi connectivity index (χ0v) is 14.7. The minimum absolute atomic E-state index is 0.0495. The molecule has 2 heterocycles. The summed E-state index contributed by atoms with van der Waals surface area (Å²) in [5.74, 6) is 0. The van der Waals surface area contributed by atoms with Crippen LogP contribution in [-0.4, -0.2) is 48.9 Å². The highest BCUT2D eigenvalue weighted by molar-refractivity contribution is 7.86. The van der Waals surface area contributed by atoms with Gasteiger partial charge in [0, 0.05) is 35.4 Å². The van der Waals surface area contributed by atoms with Gasteiger partial charge < -0.3 is 4.74 Å². The molecule has 1 saturated heterocycles. The second kappa shape index (κ2) is 6.75. The van der Waals surface area contributed by atoms with Crippen LogP contribution in [0.15, 0.2) is 12.1 Å². The van der Waals surface area contributed by atoms with E-state index >= 15 is 0 Å². The standard InChI is InChI=1S/C14H24N2O3S2/c1-11(2)16(10-14-6-5-13(4)20-14)21(17,18)15-7-8-19-12(3)9-15/h5-6,11-12H,7-10H2,1-4H3/t12-/m1/s1. The molecule has 1 aromatic heterocycles. The minimum Gasteiger partial charge on any atom is -0.376 e. The van der Waals surface area contributed by atoms with E-state index in [9.17, 15) is 8.42 Å². The second-order valence-electron chi connectivity index (χ2n) is 5.70. The van der Waals surface area contributed by atoms with Crippen LogP contribution in [0.4, 0.5) is 0 Å². The van der Waals surface area contributed by atoms with Crippen LogP contribution in [-0.2, 0) is 21.5 Å². The summed E-state index contributed by atoms with van der Waals surface area (Å²) in [5.41, 5.74) is 0. The molecule has 0 aliphatic carbocycles. The van der Waals surface area contributed by atoms with E-state index in [1.165, 1.54) is 4.88 Å². The molecule has 2 rings (SSSR count). The van der Waals surface area contributed by atoms with Crippen molar-refractivity contribution in [3.63, 3.8) is 0 Å². The van der Waals surface area contributed by atoms with Crippen molar-refractivity contribution in [2.24, 2.45) is 0 Å². The van der Waals surface area contributed by atoms with Gasteiger partial charge in [0.05, 0.1) is 12.7 Å². The molecule has 1 fully saturated rings. The first kappa shape index (κ1) is 16.9. The number of aryl methyl sites for hydroxylation is 1. The van der Waals surface area contributed by atoms with Crippen molar-refractivity contribution in [3.8, 4) is 0 Å². The lowest BCUT2D eigenvalue weighted by Crippen LogP contribution is -2.52. The molecule has 0 radical (unpaired) electrons. The Labute approximate surface area is 131 Å². The molecule has 1 aliphatic heterocycles. The number of ether oxygens (including phenoxy) is 1. The van der Waals surface area contributed by atoms with Crippen molar-refractivity contribution >= 4 is 21.5 Å². The third-order valence-corrected chi connectivity index (χ3v) is 6.62. The summed E-state index contributed by atoms with van der Waals surface area (Å²) in [6.07, 6.45) is -0.0495. The first-order valence-electron chi connectivity index (χ1n) is 7.24. The largest absolute Gasteiger partial charge is 0.376 e. The number of nitrogens with zero attached hydrogens (tertiary/aromatic N) is 2. The van der Waals surface area contributed by atoms with Crippen LogP contribution in [0.1, 0.15) is 30.5 Å². The van der Waals surface area contributed by atoms with E-state index in [0.29, 0.717) is 26.2 Å². The zero-order valence-electron chi connectivity index (χ0n) is 13.1. The smallest absolute Gasteiger partial charge is 0.282 e. The fraction of sp³-hybridized carbons (Fsp3) is 0.714. The molecule has 7 heteroatoms. The Morgan fingerprint density at radius 3 is 2.71 bits per heavy atom. The molecule has 120 valence electrons. The van der Waals surface area contributed by atoms with Gasteiger partial charge in [0.15, 0.2) is 0 Å². The van der Waals surface area contributed by atoms with E-state index < -0.39 is 10.2 Å². The molecule has 1 aliphatic rings. The fourth-order valence-electron chi connectivity index (χ4n) is 2.40. The van der Waals surface area contributed by atoms with Crippen molar-refractivity contribution in [2.75, 3.05) is 19.7 Å². The third kappa shape index (κ3) is 4.04. The Balaban J connectivity index is 2.19. The topological polar surface area (TPSA) is 49.9 Å². The molecule has 0 N–H and O–H groups in total. The van der Waals surface area contributed by atoms with E-state index in [1.807, 2.05) is 39.8 Å². The third-order valence-electron chi connectivity index (χ3n) is 3.51. The fourth-order valence-corrected chi connectivity index (χ4v) is 5.20. The Bertz CT molecular complexity index is 569. The molecule has 0 aromatic carbocycles. The van der Waals surface area contributed by atoms with Crippen LogP contribution in [0.25, 0.3) is 0 Å². The summed E-state index contributed by atoms with van der Waals surface area (Å²) in [7, 11) is -3.45. The second-order valence-corrected chi connectivity index (χ2v) is 8.95. The van der Waals surface area contributed by atoms with Crippen LogP contribution >= 0.6 is 11.3 Å². The van der Waals surface area contributed by atoms with Crippen LogP contribution in [0.5, 0.6) is 0 Å². The molecular formula is C14H24N2O3S2. The summed E-state index contributed by atoms with van der Waals surface area (Å²) in [6, 6.07) is 3.96. The SMILES string of the molecule is Cc1ccc(CN(C(C)C)S(=O)(=O)N2CCO[C@H](C)C2)s1. The Morgan fingerprint density at radius 1 is 1.48 bits per heavy atom. The molecule has 5 nitrogen and oxygen atoms in total. The molecule has 21 heavy (non-hydrogen) atoms. The van der Waals surface area contributed by atoms with Gasteiger partial charge in [-0.1, -0.05) is 0 Å². The summed E-state index contributed by atoms with van der Waals surface area (Å²) in [6.45, 7) is 9.53. The van der Waals surface area contributed by atoms with E-state index in [4.69, 9.17) is 4.74 Å². The minimum atomic E-state index is -3.45. The molecule has 0 unspecified atom stereocenters. The predicted octanol–water partition coefficient (Wildman–Crippen LogP) is 2.23. The van der Waals surface area contributed by atoms with Crippen molar-refractivity contribution in [1.82, 2.24) is 8.61 Å². The Hall–Kier alpha value is -0.470. The van der Waals surface area contributed by atoms with E-state index in [0.717, 1.165) is 4.88 Å². The Kier molecular flexibility index (Phi) is 5.43. The van der Waals surface area contributed by atoms with Gasteiger partial charge in [-0.05, 0) is 39.8 Å². The van der Waals surface area contributed by atoms with E-state index in [1.54, 1.807) is 19.9 Å². The lowest BCUT2D eigenvalue weighted by molar-refractivity contribution is 0.00780. The molecule has 0 amide bonds. The van der Waals surface area contributed by atoms with Crippen molar-refractivity contribution in [1.29, 1.82) is 0 Å². The number of rotatable bonds is 5. The highest BCUT2D eigenvalue weighted by Gasteiger charge is 2.34. The summed E-state index contributed by atoms with van der Waals surface area (Å²) in [4.78, 5) is 2.28. The number of morpholine rings is 1. The molecule has 0 spiro atoms. The zero-order chi connectivity index (χ0) is 15.6. The highest BCUT2D eigenvalue weighted by atomic mass is 32.2. The normalized spacial score (nSPS) is 21.3. The van der Waals surface area contributed by atoms with Gasteiger partial charge >= 0.3 is 0 Å². The van der Waals surface area contributed by atoms with E-state index in [-0.39, 0.29) is 12.1 Å². The van der Waals surface area contributed by atoms with Crippen LogP contribution in [0.3, 0.4) is 0 Å².